The highest BCUT2D eigenvalue weighted by Crippen LogP contribution is 2.12. The van der Waals surface area contributed by atoms with Crippen molar-refractivity contribution in [3.05, 3.63) is 143 Å². The van der Waals surface area contributed by atoms with Gasteiger partial charge in [-0.15, -0.1) is 0 Å². The van der Waals surface area contributed by atoms with E-state index in [4.69, 9.17) is 0 Å². The van der Waals surface area contributed by atoms with E-state index in [-0.39, 0.29) is 34.4 Å². The zero-order chi connectivity index (χ0) is 27.3. The van der Waals surface area contributed by atoms with Gasteiger partial charge in [0.2, 0.25) is 0 Å². The average Bonchev–Trinajstić information content (AvgIpc) is 2.98. The molecule has 39 heavy (non-hydrogen) atoms. The summed E-state index contributed by atoms with van der Waals surface area (Å²) >= 11 is 0. The Morgan fingerprint density at radius 3 is 0.923 bits per heavy atom. The van der Waals surface area contributed by atoms with Crippen LogP contribution in [0.1, 0.15) is 47.8 Å². The Kier molecular flexibility index (Phi) is 10.0. The highest BCUT2D eigenvalue weighted by Gasteiger charge is 2.16. The Morgan fingerprint density at radius 2 is 0.667 bits per heavy atom. The summed E-state index contributed by atoms with van der Waals surface area (Å²) < 4.78 is 0. The van der Waals surface area contributed by atoms with Crippen LogP contribution in [0.2, 0.25) is 0 Å². The van der Waals surface area contributed by atoms with Crippen LogP contribution in [0.4, 0.5) is 0 Å². The molecule has 4 rings (SSSR count). The zero-order valence-corrected chi connectivity index (χ0v) is 21.9. The molecule has 0 radical (unpaired) electrons. The van der Waals surface area contributed by atoms with Crippen molar-refractivity contribution < 1.29 is 14.4 Å². The summed E-state index contributed by atoms with van der Waals surface area (Å²) in [5, 5.41) is 8.72. The Balaban J connectivity index is 1.43. The SMILES string of the molecule is O=C(NCCc1ccccc1)c1cc(C(=O)NCCc2ccccc2)cc(C(=O)NCCc2ccccc2)c1. The van der Waals surface area contributed by atoms with Gasteiger partial charge in [0, 0.05) is 36.3 Å². The maximum atomic E-state index is 13.0. The summed E-state index contributed by atoms with van der Waals surface area (Å²) in [7, 11) is 0. The van der Waals surface area contributed by atoms with E-state index in [2.05, 4.69) is 16.0 Å². The summed E-state index contributed by atoms with van der Waals surface area (Å²) in [4.78, 5) is 39.0. The smallest absolute Gasteiger partial charge is 0.251 e. The first-order chi connectivity index (χ1) is 19.1. The summed E-state index contributed by atoms with van der Waals surface area (Å²) in [5.74, 6) is -0.991. The fourth-order valence-corrected chi connectivity index (χ4v) is 4.22. The molecule has 0 bridgehead atoms. The second-order valence-electron chi connectivity index (χ2n) is 9.27. The Labute approximate surface area is 229 Å². The van der Waals surface area contributed by atoms with Gasteiger partial charge in [-0.3, -0.25) is 14.4 Å². The molecule has 0 aliphatic carbocycles. The lowest BCUT2D eigenvalue weighted by Gasteiger charge is -2.12. The molecule has 0 atom stereocenters. The molecule has 4 aromatic rings. The molecule has 0 fully saturated rings. The quantitative estimate of drug-likeness (QED) is 0.256. The second kappa shape index (κ2) is 14.3. The van der Waals surface area contributed by atoms with Gasteiger partial charge in [0.15, 0.2) is 0 Å². The lowest BCUT2D eigenvalue weighted by Crippen LogP contribution is -2.30. The third kappa shape index (κ3) is 8.68. The molecule has 0 saturated heterocycles. The highest BCUT2D eigenvalue weighted by molar-refractivity contribution is 6.04. The first-order valence-electron chi connectivity index (χ1n) is 13.2. The predicted molar refractivity (Wildman–Crippen MR) is 154 cm³/mol. The zero-order valence-electron chi connectivity index (χ0n) is 21.9. The monoisotopic (exact) mass is 519 g/mol. The van der Waals surface area contributed by atoms with E-state index in [9.17, 15) is 14.4 Å². The first-order valence-corrected chi connectivity index (χ1v) is 13.2. The minimum Gasteiger partial charge on any atom is -0.352 e. The number of amides is 3. The van der Waals surface area contributed by atoms with Gasteiger partial charge in [0.25, 0.3) is 17.7 Å². The van der Waals surface area contributed by atoms with Gasteiger partial charge in [0.05, 0.1) is 0 Å². The second-order valence-corrected chi connectivity index (χ2v) is 9.27. The van der Waals surface area contributed by atoms with Crippen molar-refractivity contribution in [1.82, 2.24) is 16.0 Å². The van der Waals surface area contributed by atoms with E-state index in [1.165, 1.54) is 18.2 Å². The van der Waals surface area contributed by atoms with Crippen molar-refractivity contribution in [2.75, 3.05) is 19.6 Å². The fraction of sp³-hybridized carbons (Fsp3) is 0.182. The summed E-state index contributed by atoms with van der Waals surface area (Å²) in [6.07, 6.45) is 2.04. The van der Waals surface area contributed by atoms with Crippen LogP contribution in [-0.4, -0.2) is 37.4 Å². The van der Waals surface area contributed by atoms with Crippen LogP contribution in [0.5, 0.6) is 0 Å². The summed E-state index contributed by atoms with van der Waals surface area (Å²) in [6, 6.07) is 34.2. The largest absolute Gasteiger partial charge is 0.352 e. The normalized spacial score (nSPS) is 10.5. The molecule has 0 saturated carbocycles. The molecule has 0 aliphatic heterocycles. The van der Waals surface area contributed by atoms with Gasteiger partial charge in [-0.2, -0.15) is 0 Å². The Morgan fingerprint density at radius 1 is 0.410 bits per heavy atom. The van der Waals surface area contributed by atoms with E-state index < -0.39 is 0 Å². The third-order valence-electron chi connectivity index (χ3n) is 6.35. The average molecular weight is 520 g/mol. The van der Waals surface area contributed by atoms with Crippen molar-refractivity contribution in [3.8, 4) is 0 Å². The minimum absolute atomic E-state index is 0.270. The summed E-state index contributed by atoms with van der Waals surface area (Å²) in [6.45, 7) is 1.32. The number of nitrogens with one attached hydrogen (secondary N) is 3. The molecule has 3 amide bonds. The van der Waals surface area contributed by atoms with Crippen LogP contribution in [0.15, 0.2) is 109 Å². The van der Waals surface area contributed by atoms with Crippen molar-refractivity contribution in [2.24, 2.45) is 0 Å². The predicted octanol–water partition coefficient (Wildman–Crippen LogP) is 4.60. The van der Waals surface area contributed by atoms with Crippen molar-refractivity contribution in [3.63, 3.8) is 0 Å². The molecule has 6 heteroatoms. The maximum absolute atomic E-state index is 13.0. The van der Waals surface area contributed by atoms with Gasteiger partial charge in [-0.25, -0.2) is 0 Å². The van der Waals surface area contributed by atoms with Gasteiger partial charge < -0.3 is 16.0 Å². The molecular formula is C33H33N3O3. The van der Waals surface area contributed by atoms with Crippen molar-refractivity contribution in [2.45, 2.75) is 19.3 Å². The number of carbonyl (C=O) groups excluding carboxylic acids is 3. The standard InChI is InChI=1S/C33H33N3O3/c37-31(34-19-16-25-10-4-1-5-11-25)28-22-29(32(38)35-20-17-26-12-6-2-7-13-26)24-30(23-28)33(39)36-21-18-27-14-8-3-9-15-27/h1-15,22-24H,16-21H2,(H,34,37)(H,35,38)(H,36,39). The van der Waals surface area contributed by atoms with Crippen LogP contribution in [0.3, 0.4) is 0 Å². The fourth-order valence-electron chi connectivity index (χ4n) is 4.22. The van der Waals surface area contributed by atoms with Crippen LogP contribution in [0, 0.1) is 0 Å². The number of hydrogen-bond acceptors (Lipinski definition) is 3. The van der Waals surface area contributed by atoms with Crippen LogP contribution < -0.4 is 16.0 Å². The number of rotatable bonds is 12. The number of carbonyl (C=O) groups is 3. The molecule has 0 aliphatic rings. The molecule has 0 heterocycles. The topological polar surface area (TPSA) is 87.3 Å². The maximum Gasteiger partial charge on any atom is 0.251 e. The van der Waals surface area contributed by atoms with Gasteiger partial charge in [-0.1, -0.05) is 91.0 Å². The van der Waals surface area contributed by atoms with E-state index in [0.717, 1.165) is 16.7 Å². The van der Waals surface area contributed by atoms with E-state index in [1.807, 2.05) is 91.0 Å². The minimum atomic E-state index is -0.330. The molecule has 6 nitrogen and oxygen atoms in total. The van der Waals surface area contributed by atoms with Gasteiger partial charge in [-0.05, 0) is 54.2 Å². The van der Waals surface area contributed by atoms with Gasteiger partial charge >= 0.3 is 0 Å². The van der Waals surface area contributed by atoms with Crippen molar-refractivity contribution >= 4 is 17.7 Å². The van der Waals surface area contributed by atoms with Crippen molar-refractivity contribution in [1.29, 1.82) is 0 Å². The molecule has 0 unspecified atom stereocenters. The molecule has 4 aromatic carbocycles. The van der Waals surface area contributed by atoms with Crippen LogP contribution in [0.25, 0.3) is 0 Å². The molecule has 3 N–H and O–H groups in total. The number of hydrogen-bond donors (Lipinski definition) is 3. The molecule has 0 aromatic heterocycles. The first kappa shape index (κ1) is 27.3. The molecule has 198 valence electrons. The van der Waals surface area contributed by atoms with Crippen LogP contribution in [-0.2, 0) is 19.3 Å². The lowest BCUT2D eigenvalue weighted by atomic mass is 10.0. The highest BCUT2D eigenvalue weighted by atomic mass is 16.2. The van der Waals surface area contributed by atoms with E-state index in [1.54, 1.807) is 0 Å². The molecule has 0 spiro atoms. The Hall–Kier alpha value is -4.71. The van der Waals surface area contributed by atoms with Crippen LogP contribution >= 0.6 is 0 Å². The third-order valence-corrected chi connectivity index (χ3v) is 6.35. The van der Waals surface area contributed by atoms with E-state index in [0.29, 0.717) is 38.9 Å². The molecular weight excluding hydrogens is 486 g/mol. The van der Waals surface area contributed by atoms with E-state index >= 15 is 0 Å². The Bertz CT molecular complexity index is 1190. The summed E-state index contributed by atoms with van der Waals surface area (Å²) in [5.41, 5.74) is 4.15. The van der Waals surface area contributed by atoms with Gasteiger partial charge in [0.1, 0.15) is 0 Å². The number of benzene rings is 4. The lowest BCUT2D eigenvalue weighted by molar-refractivity contribution is 0.0953.